The summed E-state index contributed by atoms with van der Waals surface area (Å²) in [4.78, 5) is 1.41. The zero-order valence-corrected chi connectivity index (χ0v) is 39.5. The van der Waals surface area contributed by atoms with E-state index in [9.17, 15) is 17.6 Å². The molecule has 0 bridgehead atoms. The fourth-order valence-corrected chi connectivity index (χ4v) is 12.3. The fourth-order valence-electron chi connectivity index (χ4n) is 6.34. The van der Waals surface area contributed by atoms with Crippen LogP contribution in [0.3, 0.4) is 0 Å². The maximum Gasteiger partial charge on any atom is 0.359 e. The molecule has 0 radical (unpaired) electrons. The lowest BCUT2D eigenvalue weighted by atomic mass is 9.12. The molecule has 0 fully saturated rings. The number of methoxy groups -OCH3 is 1. The molecule has 0 saturated heterocycles. The minimum Gasteiger partial charge on any atom is -0.384 e. The van der Waals surface area contributed by atoms with Crippen LogP contribution in [-0.2, 0) is 4.74 Å². The molecule has 334 valence electrons. The molecule has 0 amide bonds. The van der Waals surface area contributed by atoms with Crippen molar-refractivity contribution in [3.8, 4) is 0 Å². The Labute approximate surface area is 404 Å². The number of thioether (sulfide) groups is 1. The predicted octanol–water partition coefficient (Wildman–Crippen LogP) is 10.5. The molecule has 6 aromatic rings. The first-order valence-corrected chi connectivity index (χ1v) is 22.9. The van der Waals surface area contributed by atoms with Crippen LogP contribution in [0.2, 0.25) is 40.2 Å². The lowest BCUT2D eigenvalue weighted by molar-refractivity contribution is -0.601. The van der Waals surface area contributed by atoms with E-state index in [0.717, 1.165) is 12.4 Å². The lowest BCUT2D eigenvalue weighted by Crippen LogP contribution is -3.61. The normalized spacial score (nSPS) is 11.6. The van der Waals surface area contributed by atoms with Crippen molar-refractivity contribution in [1.82, 2.24) is 0 Å². The first kappa shape index (κ1) is 51.9. The van der Waals surface area contributed by atoms with Gasteiger partial charge in [-0.2, -0.15) is 0 Å². The van der Waals surface area contributed by atoms with Gasteiger partial charge in [0.25, 0.3) is 0 Å². The van der Waals surface area contributed by atoms with Gasteiger partial charge in [-0.1, -0.05) is 123 Å². The SMILES string of the molecule is COCCSc1ccccc1[I+]c1ccccc1.Fc1c(F)c(Cl)c(Cl)c([B-](c2c(F)c(F)c(F)c(Cl)c2Cl)(c2c(F)c(F)c(F)c(Cl)c2Cl)c2c(F)c(F)c(F)c(Cl)c2Cl)c1F. The molecular formula is C39H16BCl8F12IOS. The van der Waals surface area contributed by atoms with Gasteiger partial charge in [0.15, 0.2) is 50.1 Å². The minimum absolute atomic E-state index is 0.0769. The Morgan fingerprint density at radius 2 is 0.746 bits per heavy atom. The molecule has 0 aliphatic heterocycles. The molecule has 0 saturated carbocycles. The van der Waals surface area contributed by atoms with Gasteiger partial charge in [0.05, 0.1) is 31.6 Å². The summed E-state index contributed by atoms with van der Waals surface area (Å²) < 4.78 is 191. The maximum atomic E-state index is 16.0. The van der Waals surface area contributed by atoms with Crippen molar-refractivity contribution in [2.24, 2.45) is 0 Å². The van der Waals surface area contributed by atoms with E-state index in [2.05, 4.69) is 54.6 Å². The topological polar surface area (TPSA) is 9.23 Å². The molecule has 63 heavy (non-hydrogen) atoms. The third-order valence-corrected chi connectivity index (χ3v) is 16.7. The van der Waals surface area contributed by atoms with Crippen molar-refractivity contribution in [2.45, 2.75) is 4.90 Å². The Morgan fingerprint density at radius 3 is 1.08 bits per heavy atom. The van der Waals surface area contributed by atoms with E-state index in [4.69, 9.17) is 97.5 Å². The molecule has 0 N–H and O–H groups in total. The largest absolute Gasteiger partial charge is 0.384 e. The van der Waals surface area contributed by atoms with Gasteiger partial charge in [-0.15, -0.1) is 33.6 Å². The molecule has 6 aromatic carbocycles. The third kappa shape index (κ3) is 9.44. The Morgan fingerprint density at radius 1 is 0.429 bits per heavy atom. The molecule has 0 atom stereocenters. The number of ether oxygens (including phenoxy) is 1. The van der Waals surface area contributed by atoms with E-state index in [1.165, 1.54) is 12.0 Å². The maximum absolute atomic E-state index is 16.0. The zero-order valence-electron chi connectivity index (χ0n) is 30.4. The van der Waals surface area contributed by atoms with Gasteiger partial charge in [0.1, 0.15) is 29.4 Å². The average Bonchev–Trinajstić information content (AvgIpc) is 3.27. The second-order valence-corrected chi connectivity index (χ2v) is 19.6. The fraction of sp³-hybridized carbons (Fsp3) is 0.0769. The molecule has 24 heteroatoms. The van der Waals surface area contributed by atoms with Crippen LogP contribution in [0.4, 0.5) is 52.7 Å². The molecule has 0 heterocycles. The molecule has 0 aliphatic rings. The van der Waals surface area contributed by atoms with Gasteiger partial charge in [0, 0.05) is 33.0 Å². The Bertz CT molecular complexity index is 2380. The first-order chi connectivity index (χ1) is 29.6. The number of benzene rings is 6. The molecule has 0 aliphatic carbocycles. The van der Waals surface area contributed by atoms with E-state index in [1.54, 1.807) is 7.11 Å². The van der Waals surface area contributed by atoms with Crippen molar-refractivity contribution in [1.29, 1.82) is 0 Å². The van der Waals surface area contributed by atoms with Crippen LogP contribution in [0.1, 0.15) is 0 Å². The quantitative estimate of drug-likeness (QED) is 0.0257. The summed E-state index contributed by atoms with van der Waals surface area (Å²) in [6, 6.07) is 19.5. The summed E-state index contributed by atoms with van der Waals surface area (Å²) in [6.07, 6.45) is -5.62. The monoisotopic (exact) mass is 1180 g/mol. The molecule has 1 nitrogen and oxygen atoms in total. The second kappa shape index (κ2) is 21.2. The van der Waals surface area contributed by atoms with Crippen LogP contribution in [0.15, 0.2) is 59.5 Å². The van der Waals surface area contributed by atoms with Crippen molar-refractivity contribution in [2.75, 3.05) is 19.5 Å². The van der Waals surface area contributed by atoms with Gasteiger partial charge in [-0.3, -0.25) is 0 Å². The van der Waals surface area contributed by atoms with E-state index in [-0.39, 0.29) is 21.2 Å². The van der Waals surface area contributed by atoms with Gasteiger partial charge in [-0.25, -0.2) is 52.7 Å². The summed E-state index contributed by atoms with van der Waals surface area (Å²) in [6.45, 7) is 0.808. The standard InChI is InChI=1S/C24BCl8F12.C15H16IOS/c26-5-1(13(34)21(42)17(38)9(5)30)25(2-6(27)10(31)18(39)22(43)14(2)35,3-7(28)11(32)19(40)23(44)15(3)36)4-8(29)12(33)20(41)24(45)16(4)37;1-17-11-12-18-15-10-6-5-9-14(15)16-13-7-3-2-4-8-13/h;2-10H,11-12H2,1H3/q-1;+1. The number of halogens is 21. The second-order valence-electron chi connectivity index (χ2n) is 12.5. The number of hydrogen-bond donors (Lipinski definition) is 0. The smallest absolute Gasteiger partial charge is 0.359 e. The highest BCUT2D eigenvalue weighted by Gasteiger charge is 2.50. The van der Waals surface area contributed by atoms with Gasteiger partial charge >= 0.3 is 21.2 Å². The summed E-state index contributed by atoms with van der Waals surface area (Å²) >= 11 is 48.5. The molecule has 6 rings (SSSR count). The van der Waals surface area contributed by atoms with Crippen LogP contribution in [-0.4, -0.2) is 25.6 Å². The molecule has 0 aromatic heterocycles. The third-order valence-electron chi connectivity index (χ3n) is 9.03. The van der Waals surface area contributed by atoms with Gasteiger partial charge in [0.2, 0.25) is 3.57 Å². The minimum atomic E-state index is -5.62. The molecular weight excluding hydrogens is 1170 g/mol. The zero-order chi connectivity index (χ0) is 47.0. The van der Waals surface area contributed by atoms with E-state index in [1.807, 2.05) is 11.8 Å². The summed E-state index contributed by atoms with van der Waals surface area (Å²) in [5, 5.41) is -13.9. The number of rotatable bonds is 10. The van der Waals surface area contributed by atoms with Crippen molar-refractivity contribution >= 4 is 133 Å². The lowest BCUT2D eigenvalue weighted by Gasteiger charge is -2.46. The molecule has 0 spiro atoms. The van der Waals surface area contributed by atoms with Crippen molar-refractivity contribution in [3.63, 3.8) is 0 Å². The van der Waals surface area contributed by atoms with Crippen molar-refractivity contribution < 1.29 is 78.6 Å². The summed E-state index contributed by atoms with van der Waals surface area (Å²) in [7, 11) is 1.75. The summed E-state index contributed by atoms with van der Waals surface area (Å²) in [5.74, 6) is -30.2. The highest BCUT2D eigenvalue weighted by Crippen LogP contribution is 2.40. The van der Waals surface area contributed by atoms with Gasteiger partial charge in [-0.05, 0) is 24.3 Å². The average molecular weight is 1180 g/mol. The summed E-state index contributed by atoms with van der Waals surface area (Å²) in [5.41, 5.74) is -8.47. The van der Waals surface area contributed by atoms with Crippen LogP contribution < -0.4 is 43.1 Å². The van der Waals surface area contributed by atoms with Crippen molar-refractivity contribution in [3.05, 3.63) is 172 Å². The van der Waals surface area contributed by atoms with Crippen LogP contribution >= 0.6 is 105 Å². The van der Waals surface area contributed by atoms with Crippen LogP contribution in [0.5, 0.6) is 0 Å². The van der Waals surface area contributed by atoms with Crippen LogP contribution in [0, 0.1) is 76.9 Å². The van der Waals surface area contributed by atoms with Crippen LogP contribution in [0.25, 0.3) is 0 Å². The Balaban J connectivity index is 0.000000345. The highest BCUT2D eigenvalue weighted by atomic mass is 127. The highest BCUT2D eigenvalue weighted by molar-refractivity contribution is 7.99. The van der Waals surface area contributed by atoms with E-state index < -0.39 is 138 Å². The van der Waals surface area contributed by atoms with E-state index >= 15 is 35.1 Å². The molecule has 0 unspecified atom stereocenters. The Kier molecular flexibility index (Phi) is 17.5. The van der Waals surface area contributed by atoms with Gasteiger partial charge < -0.3 is 4.74 Å². The first-order valence-electron chi connectivity index (χ1n) is 16.7. The predicted molar refractivity (Wildman–Crippen MR) is 223 cm³/mol. The number of hydrogen-bond acceptors (Lipinski definition) is 2. The Hall–Kier alpha value is -2.10. The van der Waals surface area contributed by atoms with E-state index in [0.29, 0.717) is 0 Å².